The lowest BCUT2D eigenvalue weighted by molar-refractivity contribution is 0.193. The Labute approximate surface area is 101 Å². The summed E-state index contributed by atoms with van der Waals surface area (Å²) in [5.74, 6) is 0. The highest BCUT2D eigenvalue weighted by atomic mass is 16.3. The SMILES string of the molecule is CCCNC(CCO)CN(C)C(C)CCC. The van der Waals surface area contributed by atoms with E-state index in [1.54, 1.807) is 0 Å². The van der Waals surface area contributed by atoms with Gasteiger partial charge in [0, 0.05) is 25.2 Å². The Hall–Kier alpha value is -0.120. The van der Waals surface area contributed by atoms with Crippen molar-refractivity contribution in [1.82, 2.24) is 10.2 Å². The smallest absolute Gasteiger partial charge is 0.0446 e. The number of likely N-dealkylation sites (N-methyl/N-ethyl adjacent to an activating group) is 1. The van der Waals surface area contributed by atoms with Gasteiger partial charge in [0.25, 0.3) is 0 Å². The molecular weight excluding hydrogens is 200 g/mol. The van der Waals surface area contributed by atoms with Gasteiger partial charge in [-0.05, 0) is 39.8 Å². The Balaban J connectivity index is 3.94. The summed E-state index contributed by atoms with van der Waals surface area (Å²) >= 11 is 0. The van der Waals surface area contributed by atoms with Gasteiger partial charge in [0.1, 0.15) is 0 Å². The van der Waals surface area contributed by atoms with Gasteiger partial charge < -0.3 is 15.3 Å². The van der Waals surface area contributed by atoms with Gasteiger partial charge in [0.2, 0.25) is 0 Å². The lowest BCUT2D eigenvalue weighted by Gasteiger charge is -2.29. The molecule has 0 radical (unpaired) electrons. The molecular formula is C13H30N2O. The minimum atomic E-state index is 0.275. The van der Waals surface area contributed by atoms with Crippen LogP contribution in [0.15, 0.2) is 0 Å². The second kappa shape index (κ2) is 10.1. The van der Waals surface area contributed by atoms with Crippen molar-refractivity contribution < 1.29 is 5.11 Å². The van der Waals surface area contributed by atoms with E-state index in [0.29, 0.717) is 12.1 Å². The molecule has 98 valence electrons. The third-order valence-corrected chi connectivity index (χ3v) is 3.13. The maximum atomic E-state index is 9.03. The first-order valence-electron chi connectivity index (χ1n) is 6.70. The molecule has 0 aliphatic rings. The van der Waals surface area contributed by atoms with Crippen LogP contribution in [0.25, 0.3) is 0 Å². The van der Waals surface area contributed by atoms with Crippen LogP contribution in [0, 0.1) is 0 Å². The first-order chi connectivity index (χ1) is 7.65. The van der Waals surface area contributed by atoms with Crippen molar-refractivity contribution in [3.8, 4) is 0 Å². The zero-order valence-corrected chi connectivity index (χ0v) is 11.5. The third kappa shape index (κ3) is 7.20. The zero-order chi connectivity index (χ0) is 12.4. The Kier molecular flexibility index (Phi) is 9.99. The Bertz CT molecular complexity index is 153. The minimum Gasteiger partial charge on any atom is -0.396 e. The zero-order valence-electron chi connectivity index (χ0n) is 11.5. The number of rotatable bonds is 10. The number of nitrogens with one attached hydrogen (secondary N) is 1. The van der Waals surface area contributed by atoms with E-state index < -0.39 is 0 Å². The third-order valence-electron chi connectivity index (χ3n) is 3.13. The number of hydrogen-bond acceptors (Lipinski definition) is 3. The molecule has 2 atom stereocenters. The van der Waals surface area contributed by atoms with Gasteiger partial charge in [-0.2, -0.15) is 0 Å². The first kappa shape index (κ1) is 15.9. The normalized spacial score (nSPS) is 15.4. The standard InChI is InChI=1S/C13H30N2O/c1-5-7-12(3)15(4)11-13(8-10-16)14-9-6-2/h12-14,16H,5-11H2,1-4H3. The van der Waals surface area contributed by atoms with Crippen LogP contribution in [0.1, 0.15) is 46.5 Å². The van der Waals surface area contributed by atoms with Crippen molar-refractivity contribution >= 4 is 0 Å². The molecule has 0 fully saturated rings. The van der Waals surface area contributed by atoms with Crippen LogP contribution >= 0.6 is 0 Å². The highest BCUT2D eigenvalue weighted by molar-refractivity contribution is 4.73. The van der Waals surface area contributed by atoms with Gasteiger partial charge >= 0.3 is 0 Å². The van der Waals surface area contributed by atoms with E-state index in [-0.39, 0.29) is 6.61 Å². The van der Waals surface area contributed by atoms with E-state index in [1.165, 1.54) is 12.8 Å². The lowest BCUT2D eigenvalue weighted by Crippen LogP contribution is -2.43. The number of aliphatic hydroxyl groups excluding tert-OH is 1. The summed E-state index contributed by atoms with van der Waals surface area (Å²) in [7, 11) is 2.18. The predicted molar refractivity (Wildman–Crippen MR) is 70.8 cm³/mol. The molecule has 2 unspecified atom stereocenters. The summed E-state index contributed by atoms with van der Waals surface area (Å²) in [6.45, 7) is 9.02. The van der Waals surface area contributed by atoms with Gasteiger partial charge in [-0.3, -0.25) is 0 Å². The first-order valence-corrected chi connectivity index (χ1v) is 6.70. The van der Waals surface area contributed by atoms with Gasteiger partial charge in [-0.25, -0.2) is 0 Å². The van der Waals surface area contributed by atoms with Crippen molar-refractivity contribution in [1.29, 1.82) is 0 Å². The highest BCUT2D eigenvalue weighted by Gasteiger charge is 2.14. The van der Waals surface area contributed by atoms with E-state index in [2.05, 4.69) is 38.0 Å². The van der Waals surface area contributed by atoms with Gasteiger partial charge in [0.05, 0.1) is 0 Å². The Morgan fingerprint density at radius 3 is 2.38 bits per heavy atom. The Morgan fingerprint density at radius 2 is 1.88 bits per heavy atom. The summed E-state index contributed by atoms with van der Waals surface area (Å²) < 4.78 is 0. The van der Waals surface area contributed by atoms with Crippen LogP contribution in [0.4, 0.5) is 0 Å². The van der Waals surface area contributed by atoms with E-state index in [4.69, 9.17) is 5.11 Å². The average molecular weight is 230 g/mol. The lowest BCUT2D eigenvalue weighted by atomic mass is 10.1. The summed E-state index contributed by atoms with van der Waals surface area (Å²) in [5.41, 5.74) is 0. The van der Waals surface area contributed by atoms with Crippen LogP contribution in [0.5, 0.6) is 0 Å². The molecule has 0 saturated heterocycles. The molecule has 0 rings (SSSR count). The summed E-state index contributed by atoms with van der Waals surface area (Å²) in [5, 5.41) is 12.5. The van der Waals surface area contributed by atoms with Crippen molar-refractivity contribution in [2.45, 2.75) is 58.5 Å². The molecule has 0 bridgehead atoms. The molecule has 0 aromatic carbocycles. The molecule has 0 saturated carbocycles. The number of hydrogen-bond donors (Lipinski definition) is 2. The van der Waals surface area contributed by atoms with E-state index in [0.717, 1.165) is 25.9 Å². The van der Waals surface area contributed by atoms with Crippen molar-refractivity contribution in [3.05, 3.63) is 0 Å². The summed E-state index contributed by atoms with van der Waals surface area (Å²) in [4.78, 5) is 2.40. The van der Waals surface area contributed by atoms with Crippen molar-refractivity contribution in [2.75, 3.05) is 26.7 Å². The number of aliphatic hydroxyl groups is 1. The quantitative estimate of drug-likeness (QED) is 0.601. The second-order valence-electron chi connectivity index (χ2n) is 4.74. The van der Waals surface area contributed by atoms with E-state index in [9.17, 15) is 0 Å². The molecule has 0 heterocycles. The number of nitrogens with zero attached hydrogens (tertiary/aromatic N) is 1. The fraction of sp³-hybridized carbons (Fsp3) is 1.00. The van der Waals surface area contributed by atoms with E-state index in [1.807, 2.05) is 0 Å². The molecule has 0 aliphatic heterocycles. The van der Waals surface area contributed by atoms with Gasteiger partial charge in [-0.15, -0.1) is 0 Å². The maximum Gasteiger partial charge on any atom is 0.0446 e. The molecule has 0 aromatic heterocycles. The fourth-order valence-corrected chi connectivity index (χ4v) is 1.93. The highest BCUT2D eigenvalue weighted by Crippen LogP contribution is 2.06. The van der Waals surface area contributed by atoms with E-state index >= 15 is 0 Å². The molecule has 3 heteroatoms. The van der Waals surface area contributed by atoms with Crippen LogP contribution in [-0.2, 0) is 0 Å². The second-order valence-corrected chi connectivity index (χ2v) is 4.74. The summed E-state index contributed by atoms with van der Waals surface area (Å²) in [6, 6.07) is 1.06. The predicted octanol–water partition coefficient (Wildman–Crippen LogP) is 1.86. The minimum absolute atomic E-state index is 0.275. The van der Waals surface area contributed by atoms with Crippen LogP contribution in [-0.4, -0.2) is 48.8 Å². The molecule has 0 aliphatic carbocycles. The molecule has 0 spiro atoms. The molecule has 2 N–H and O–H groups in total. The largest absolute Gasteiger partial charge is 0.396 e. The van der Waals surface area contributed by atoms with Gasteiger partial charge in [-0.1, -0.05) is 20.3 Å². The van der Waals surface area contributed by atoms with Crippen LogP contribution in [0.3, 0.4) is 0 Å². The topological polar surface area (TPSA) is 35.5 Å². The molecule has 16 heavy (non-hydrogen) atoms. The average Bonchev–Trinajstić information content (AvgIpc) is 2.26. The summed E-state index contributed by atoms with van der Waals surface area (Å²) in [6.07, 6.45) is 4.48. The fourth-order valence-electron chi connectivity index (χ4n) is 1.93. The Morgan fingerprint density at radius 1 is 1.19 bits per heavy atom. The van der Waals surface area contributed by atoms with Crippen molar-refractivity contribution in [3.63, 3.8) is 0 Å². The van der Waals surface area contributed by atoms with Crippen LogP contribution in [0.2, 0.25) is 0 Å². The van der Waals surface area contributed by atoms with Gasteiger partial charge in [0.15, 0.2) is 0 Å². The van der Waals surface area contributed by atoms with Crippen molar-refractivity contribution in [2.24, 2.45) is 0 Å². The molecule has 0 aromatic rings. The molecule has 0 amide bonds. The maximum absolute atomic E-state index is 9.03. The van der Waals surface area contributed by atoms with Crippen LogP contribution < -0.4 is 5.32 Å². The molecule has 3 nitrogen and oxygen atoms in total. The monoisotopic (exact) mass is 230 g/mol.